The lowest BCUT2D eigenvalue weighted by Gasteiger charge is -2.22. The first-order valence-electron chi connectivity index (χ1n) is 10.9. The van der Waals surface area contributed by atoms with Crippen molar-refractivity contribution in [3.8, 4) is 0 Å². The van der Waals surface area contributed by atoms with E-state index in [0.29, 0.717) is 0 Å². The molecule has 0 spiro atoms. The van der Waals surface area contributed by atoms with E-state index in [9.17, 15) is 0 Å². The van der Waals surface area contributed by atoms with Gasteiger partial charge < -0.3 is 9.88 Å². The van der Waals surface area contributed by atoms with Crippen molar-refractivity contribution < 1.29 is 0 Å². The van der Waals surface area contributed by atoms with Gasteiger partial charge in [0, 0.05) is 34.9 Å². The van der Waals surface area contributed by atoms with E-state index in [1.54, 1.807) is 0 Å². The van der Waals surface area contributed by atoms with Crippen LogP contribution in [0.2, 0.25) is 0 Å². The lowest BCUT2D eigenvalue weighted by molar-refractivity contribution is 0.281. The maximum absolute atomic E-state index is 3.67. The molecule has 0 unspecified atom stereocenters. The van der Waals surface area contributed by atoms with Crippen LogP contribution in [0.5, 0.6) is 0 Å². The Morgan fingerprint density at radius 2 is 1.48 bits per heavy atom. The maximum atomic E-state index is 3.67. The van der Waals surface area contributed by atoms with Crippen molar-refractivity contribution >= 4 is 21.8 Å². The Kier molecular flexibility index (Phi) is 6.01. The fraction of sp³-hybridized carbons (Fsp3) is 0.333. The van der Waals surface area contributed by atoms with Crippen LogP contribution in [-0.2, 0) is 12.8 Å². The molecule has 0 fully saturated rings. The van der Waals surface area contributed by atoms with Crippen LogP contribution in [0.4, 0.5) is 0 Å². The predicted molar refractivity (Wildman–Crippen MR) is 126 cm³/mol. The van der Waals surface area contributed by atoms with Gasteiger partial charge in [-0.25, -0.2) is 0 Å². The first-order valence-corrected chi connectivity index (χ1v) is 10.9. The van der Waals surface area contributed by atoms with Gasteiger partial charge in [0.1, 0.15) is 0 Å². The Morgan fingerprint density at radius 1 is 0.724 bits per heavy atom. The van der Waals surface area contributed by atoms with Gasteiger partial charge in [-0.1, -0.05) is 61.5 Å². The van der Waals surface area contributed by atoms with Gasteiger partial charge in [-0.05, 0) is 68.0 Å². The Hall–Kier alpha value is -2.58. The molecule has 2 heteroatoms. The largest absolute Gasteiger partial charge is 0.354 e. The summed E-state index contributed by atoms with van der Waals surface area (Å²) >= 11 is 0. The van der Waals surface area contributed by atoms with E-state index in [1.165, 1.54) is 50.5 Å². The number of nitrogens with zero attached hydrogens (tertiary/aromatic N) is 1. The first kappa shape index (κ1) is 19.7. The summed E-state index contributed by atoms with van der Waals surface area (Å²) in [6.45, 7) is 10.1. The number of aryl methyl sites for hydroxylation is 2. The van der Waals surface area contributed by atoms with E-state index in [2.05, 4.69) is 91.3 Å². The Balaban J connectivity index is 1.57. The molecule has 1 N–H and O–H groups in total. The van der Waals surface area contributed by atoms with Crippen LogP contribution in [0, 0.1) is 13.8 Å². The highest BCUT2D eigenvalue weighted by Crippen LogP contribution is 2.33. The van der Waals surface area contributed by atoms with Gasteiger partial charge in [0.2, 0.25) is 0 Å². The van der Waals surface area contributed by atoms with Crippen LogP contribution in [0.25, 0.3) is 21.8 Å². The van der Waals surface area contributed by atoms with Crippen molar-refractivity contribution in [2.75, 3.05) is 19.6 Å². The first-order chi connectivity index (χ1) is 14.2. The molecule has 0 bridgehead atoms. The summed E-state index contributed by atoms with van der Waals surface area (Å²) in [5.41, 5.74) is 8.13. The molecule has 2 nitrogen and oxygen atoms in total. The fourth-order valence-electron chi connectivity index (χ4n) is 4.50. The molecule has 150 valence electrons. The molecule has 4 rings (SSSR count). The molecule has 0 amide bonds. The van der Waals surface area contributed by atoms with Crippen molar-refractivity contribution in [3.63, 3.8) is 0 Å². The number of benzene rings is 3. The van der Waals surface area contributed by atoms with Crippen LogP contribution in [0.1, 0.15) is 35.6 Å². The lowest BCUT2D eigenvalue weighted by Crippen LogP contribution is -2.29. The molecular weight excluding hydrogens is 352 g/mol. The van der Waals surface area contributed by atoms with Gasteiger partial charge in [-0.3, -0.25) is 0 Å². The molecule has 1 aromatic heterocycles. The van der Waals surface area contributed by atoms with E-state index in [4.69, 9.17) is 0 Å². The van der Waals surface area contributed by atoms with Crippen molar-refractivity contribution in [2.45, 2.75) is 40.0 Å². The van der Waals surface area contributed by atoms with Gasteiger partial charge in [0.15, 0.2) is 0 Å². The standard InChI is InChI=1S/C27H32N2/c1-4-17-29(18-15-22-9-6-5-7-10-22)19-16-23-11-8-12-24-26(23)25-20(2)13-14-21(3)27(25)28-24/h5-14,28H,4,15-19H2,1-3H3. The average Bonchev–Trinajstić information content (AvgIpc) is 3.15. The number of H-pyrrole nitrogens is 1. The molecule has 0 aliphatic heterocycles. The SMILES string of the molecule is CCCN(CCc1ccccc1)CCc1cccc2[nH]c3c(C)ccc(C)c3c12. The van der Waals surface area contributed by atoms with E-state index < -0.39 is 0 Å². The zero-order chi connectivity index (χ0) is 20.2. The molecule has 0 saturated carbocycles. The lowest BCUT2D eigenvalue weighted by atomic mass is 9.99. The Bertz CT molecular complexity index is 1090. The van der Waals surface area contributed by atoms with Gasteiger partial charge in [-0.2, -0.15) is 0 Å². The van der Waals surface area contributed by atoms with Crippen LogP contribution >= 0.6 is 0 Å². The fourth-order valence-corrected chi connectivity index (χ4v) is 4.50. The third-order valence-electron chi connectivity index (χ3n) is 6.08. The van der Waals surface area contributed by atoms with E-state index >= 15 is 0 Å². The maximum Gasteiger partial charge on any atom is 0.0497 e. The third-order valence-corrected chi connectivity index (χ3v) is 6.08. The number of rotatable bonds is 8. The van der Waals surface area contributed by atoms with E-state index in [-0.39, 0.29) is 0 Å². The van der Waals surface area contributed by atoms with Gasteiger partial charge in [0.05, 0.1) is 0 Å². The summed E-state index contributed by atoms with van der Waals surface area (Å²) < 4.78 is 0. The highest BCUT2D eigenvalue weighted by molar-refractivity contribution is 6.11. The normalized spacial score (nSPS) is 11.7. The second kappa shape index (κ2) is 8.84. The predicted octanol–water partition coefficient (Wildman–Crippen LogP) is 6.44. The zero-order valence-electron chi connectivity index (χ0n) is 18.0. The summed E-state index contributed by atoms with van der Waals surface area (Å²) in [5, 5.41) is 2.82. The third kappa shape index (κ3) is 4.23. The molecule has 29 heavy (non-hydrogen) atoms. The Morgan fingerprint density at radius 3 is 2.28 bits per heavy atom. The topological polar surface area (TPSA) is 19.0 Å². The van der Waals surface area contributed by atoms with Gasteiger partial charge in [-0.15, -0.1) is 0 Å². The highest BCUT2D eigenvalue weighted by atomic mass is 15.1. The van der Waals surface area contributed by atoms with Crippen molar-refractivity contribution in [1.82, 2.24) is 9.88 Å². The van der Waals surface area contributed by atoms with Crippen LogP contribution in [-0.4, -0.2) is 29.5 Å². The molecule has 0 atom stereocenters. The minimum absolute atomic E-state index is 1.09. The van der Waals surface area contributed by atoms with E-state index in [0.717, 1.165) is 32.5 Å². The smallest absolute Gasteiger partial charge is 0.0497 e. The molecule has 0 aliphatic carbocycles. The van der Waals surface area contributed by atoms with Crippen LogP contribution in [0.3, 0.4) is 0 Å². The van der Waals surface area contributed by atoms with Crippen molar-refractivity contribution in [3.05, 3.63) is 82.9 Å². The molecule has 1 heterocycles. The number of aromatic nitrogens is 1. The number of fused-ring (bicyclic) bond motifs is 3. The summed E-state index contributed by atoms with van der Waals surface area (Å²) in [6.07, 6.45) is 3.41. The van der Waals surface area contributed by atoms with Crippen molar-refractivity contribution in [2.24, 2.45) is 0 Å². The number of hydrogen-bond donors (Lipinski definition) is 1. The number of nitrogens with one attached hydrogen (secondary N) is 1. The number of hydrogen-bond acceptors (Lipinski definition) is 1. The Labute approximate surface area is 174 Å². The highest BCUT2D eigenvalue weighted by Gasteiger charge is 2.13. The average molecular weight is 385 g/mol. The van der Waals surface area contributed by atoms with Crippen molar-refractivity contribution in [1.29, 1.82) is 0 Å². The molecular formula is C27H32N2. The van der Waals surface area contributed by atoms with Crippen LogP contribution < -0.4 is 0 Å². The summed E-state index contributed by atoms with van der Waals surface area (Å²) in [5.74, 6) is 0. The summed E-state index contributed by atoms with van der Waals surface area (Å²) in [6, 6.07) is 22.1. The molecule has 0 aliphatic rings. The summed E-state index contributed by atoms with van der Waals surface area (Å²) in [4.78, 5) is 6.30. The molecule has 0 saturated heterocycles. The summed E-state index contributed by atoms with van der Waals surface area (Å²) in [7, 11) is 0. The molecule has 4 aromatic rings. The zero-order valence-corrected chi connectivity index (χ0v) is 18.0. The molecule has 0 radical (unpaired) electrons. The monoisotopic (exact) mass is 384 g/mol. The van der Waals surface area contributed by atoms with Gasteiger partial charge >= 0.3 is 0 Å². The second-order valence-corrected chi connectivity index (χ2v) is 8.24. The minimum atomic E-state index is 1.09. The second-order valence-electron chi connectivity index (χ2n) is 8.24. The molecule has 3 aromatic carbocycles. The van der Waals surface area contributed by atoms with Gasteiger partial charge in [0.25, 0.3) is 0 Å². The van der Waals surface area contributed by atoms with E-state index in [1.807, 2.05) is 0 Å². The number of aromatic amines is 1. The quantitative estimate of drug-likeness (QED) is 0.370. The van der Waals surface area contributed by atoms with Crippen LogP contribution in [0.15, 0.2) is 60.7 Å². The minimum Gasteiger partial charge on any atom is -0.354 e.